The molecule has 1 aromatic heterocycles. The number of para-hydroxylation sites is 1. The van der Waals surface area contributed by atoms with Crippen LogP contribution in [0.4, 0.5) is 5.69 Å². The lowest BCUT2D eigenvalue weighted by atomic mass is 10.1. The van der Waals surface area contributed by atoms with E-state index in [2.05, 4.69) is 15.3 Å². The van der Waals surface area contributed by atoms with Gasteiger partial charge in [0, 0.05) is 0 Å². The molecule has 1 heterocycles. The molecule has 0 aliphatic carbocycles. The number of aromatic nitrogens is 2. The first-order chi connectivity index (χ1) is 11.4. The van der Waals surface area contributed by atoms with Gasteiger partial charge in [-0.25, -0.2) is 0 Å². The van der Waals surface area contributed by atoms with Gasteiger partial charge in [0.15, 0.2) is 5.16 Å². The third-order valence-corrected chi connectivity index (χ3v) is 4.01. The zero-order chi connectivity index (χ0) is 17.7. The summed E-state index contributed by atoms with van der Waals surface area (Å²) in [4.78, 5) is 41.4. The molecule has 2 rings (SSSR count). The highest BCUT2D eigenvalue weighted by Crippen LogP contribution is 2.18. The molecule has 0 unspecified atom stereocenters. The van der Waals surface area contributed by atoms with Crippen molar-refractivity contribution in [1.29, 1.82) is 0 Å². The van der Waals surface area contributed by atoms with Gasteiger partial charge in [-0.2, -0.15) is 4.98 Å². The van der Waals surface area contributed by atoms with Crippen molar-refractivity contribution < 1.29 is 14.7 Å². The smallest absolute Gasteiger partial charge is 0.258 e. The monoisotopic (exact) mass is 348 g/mol. The summed E-state index contributed by atoms with van der Waals surface area (Å²) in [6.07, 6.45) is 0.351. The van der Waals surface area contributed by atoms with Gasteiger partial charge in [-0.05, 0) is 18.6 Å². The Morgan fingerprint density at radius 1 is 1.38 bits per heavy atom. The number of primary amides is 1. The van der Waals surface area contributed by atoms with Gasteiger partial charge in [0.2, 0.25) is 11.8 Å². The van der Waals surface area contributed by atoms with E-state index in [4.69, 9.17) is 5.73 Å². The van der Waals surface area contributed by atoms with E-state index in [0.717, 1.165) is 11.8 Å². The molecule has 0 bridgehead atoms. The van der Waals surface area contributed by atoms with Crippen LogP contribution in [0.3, 0.4) is 0 Å². The van der Waals surface area contributed by atoms with E-state index in [-0.39, 0.29) is 27.9 Å². The van der Waals surface area contributed by atoms with Crippen LogP contribution in [0, 0.1) is 0 Å². The number of hydrogen-bond acceptors (Lipinski definition) is 6. The van der Waals surface area contributed by atoms with Gasteiger partial charge in [-0.1, -0.05) is 30.8 Å². The summed E-state index contributed by atoms with van der Waals surface area (Å²) in [6, 6.07) is 6.36. The number of benzene rings is 1. The Bertz CT molecular complexity index is 834. The Morgan fingerprint density at radius 2 is 2.08 bits per heavy atom. The molecule has 0 aliphatic heterocycles. The zero-order valence-electron chi connectivity index (χ0n) is 12.8. The third-order valence-electron chi connectivity index (χ3n) is 3.13. The molecule has 24 heavy (non-hydrogen) atoms. The zero-order valence-corrected chi connectivity index (χ0v) is 13.6. The quantitative estimate of drug-likeness (QED) is 0.451. The molecule has 0 aliphatic rings. The lowest BCUT2D eigenvalue weighted by molar-refractivity contribution is -0.113. The fourth-order valence-electron chi connectivity index (χ4n) is 1.98. The summed E-state index contributed by atoms with van der Waals surface area (Å²) in [5, 5.41) is 12.4. The maximum Gasteiger partial charge on any atom is 0.258 e. The molecular weight excluding hydrogens is 332 g/mol. The molecule has 0 atom stereocenters. The van der Waals surface area contributed by atoms with E-state index >= 15 is 0 Å². The molecule has 126 valence electrons. The molecule has 8 nitrogen and oxygen atoms in total. The average Bonchev–Trinajstić information content (AvgIpc) is 2.53. The minimum absolute atomic E-state index is 0.0685. The Labute approximate surface area is 141 Å². The van der Waals surface area contributed by atoms with Crippen molar-refractivity contribution in [2.45, 2.75) is 18.5 Å². The molecular formula is C15H16N4O4S. The van der Waals surface area contributed by atoms with Gasteiger partial charge in [-0.15, -0.1) is 0 Å². The van der Waals surface area contributed by atoms with Gasteiger partial charge in [0.25, 0.3) is 11.5 Å². The maximum atomic E-state index is 12.0. The van der Waals surface area contributed by atoms with Crippen LogP contribution in [0.25, 0.3) is 0 Å². The Morgan fingerprint density at radius 3 is 2.71 bits per heavy atom. The number of amides is 2. The van der Waals surface area contributed by atoms with Crippen molar-refractivity contribution in [3.8, 4) is 5.88 Å². The van der Waals surface area contributed by atoms with Crippen LogP contribution in [0.15, 0.2) is 34.2 Å². The predicted molar refractivity (Wildman–Crippen MR) is 90.2 cm³/mol. The third kappa shape index (κ3) is 4.13. The molecule has 0 saturated carbocycles. The molecule has 5 N–H and O–H groups in total. The first-order valence-electron chi connectivity index (χ1n) is 7.06. The summed E-state index contributed by atoms with van der Waals surface area (Å²) in [5.74, 6) is -1.47. The number of thioether (sulfide) groups is 1. The number of nitrogens with two attached hydrogens (primary N) is 1. The first kappa shape index (κ1) is 17.5. The van der Waals surface area contributed by atoms with Crippen LogP contribution in [0.2, 0.25) is 0 Å². The number of carbonyl (C=O) groups is 2. The number of rotatable bonds is 6. The van der Waals surface area contributed by atoms with E-state index in [1.54, 1.807) is 25.1 Å². The molecule has 2 amide bonds. The lowest BCUT2D eigenvalue weighted by Gasteiger charge is -2.08. The number of aromatic hydroxyl groups is 1. The van der Waals surface area contributed by atoms with Crippen LogP contribution >= 0.6 is 11.8 Å². The Hall–Kier alpha value is -2.81. The van der Waals surface area contributed by atoms with Crippen molar-refractivity contribution in [3.05, 3.63) is 45.7 Å². The van der Waals surface area contributed by atoms with Crippen LogP contribution in [0.1, 0.15) is 22.8 Å². The molecule has 0 spiro atoms. The van der Waals surface area contributed by atoms with Gasteiger partial charge in [-0.3, -0.25) is 14.4 Å². The summed E-state index contributed by atoms with van der Waals surface area (Å²) in [5.41, 5.74) is 5.51. The van der Waals surface area contributed by atoms with E-state index in [1.807, 2.05) is 0 Å². The molecule has 2 aromatic rings. The fourth-order valence-corrected chi connectivity index (χ4v) is 2.64. The first-order valence-corrected chi connectivity index (χ1v) is 8.04. The van der Waals surface area contributed by atoms with Crippen LogP contribution < -0.4 is 16.6 Å². The van der Waals surface area contributed by atoms with E-state index in [9.17, 15) is 19.5 Å². The SMILES string of the molecule is CCc1c(O)nc(SCC(=O)Nc2ccccc2C(N)=O)[nH]c1=O. The van der Waals surface area contributed by atoms with Crippen molar-refractivity contribution in [1.82, 2.24) is 9.97 Å². The van der Waals surface area contributed by atoms with Gasteiger partial charge >= 0.3 is 0 Å². The largest absolute Gasteiger partial charge is 0.493 e. The van der Waals surface area contributed by atoms with Crippen molar-refractivity contribution in [2.24, 2.45) is 5.73 Å². The Balaban J connectivity index is 2.04. The summed E-state index contributed by atoms with van der Waals surface area (Å²) in [6.45, 7) is 1.72. The molecule has 1 aromatic carbocycles. The highest BCUT2D eigenvalue weighted by molar-refractivity contribution is 7.99. The lowest BCUT2D eigenvalue weighted by Crippen LogP contribution is -2.20. The van der Waals surface area contributed by atoms with Gasteiger partial charge in [0.05, 0.1) is 22.6 Å². The fraction of sp³-hybridized carbons (Fsp3) is 0.200. The van der Waals surface area contributed by atoms with Crippen LogP contribution in [-0.4, -0.2) is 32.6 Å². The molecule has 9 heteroatoms. The van der Waals surface area contributed by atoms with Crippen molar-refractivity contribution >= 4 is 29.3 Å². The van der Waals surface area contributed by atoms with Crippen molar-refractivity contribution in [3.63, 3.8) is 0 Å². The molecule has 0 saturated heterocycles. The summed E-state index contributed by atoms with van der Waals surface area (Å²) < 4.78 is 0. The Kier molecular flexibility index (Phi) is 5.59. The average molecular weight is 348 g/mol. The minimum atomic E-state index is -0.648. The second-order valence-electron chi connectivity index (χ2n) is 4.77. The number of hydrogen-bond donors (Lipinski definition) is 4. The maximum absolute atomic E-state index is 12.0. The van der Waals surface area contributed by atoms with Crippen LogP contribution in [0.5, 0.6) is 5.88 Å². The summed E-state index contributed by atoms with van der Waals surface area (Å²) >= 11 is 0.955. The van der Waals surface area contributed by atoms with Gasteiger partial charge < -0.3 is 21.1 Å². The minimum Gasteiger partial charge on any atom is -0.493 e. The number of anilines is 1. The normalized spacial score (nSPS) is 10.4. The molecule has 0 fully saturated rings. The number of nitrogens with one attached hydrogen (secondary N) is 2. The number of nitrogens with zero attached hydrogens (tertiary/aromatic N) is 1. The second-order valence-corrected chi connectivity index (χ2v) is 5.74. The second kappa shape index (κ2) is 7.64. The number of H-pyrrole nitrogens is 1. The van der Waals surface area contributed by atoms with Crippen LogP contribution in [-0.2, 0) is 11.2 Å². The van der Waals surface area contributed by atoms with Gasteiger partial charge in [0.1, 0.15) is 0 Å². The standard InChI is InChI=1S/C15H16N4O4S/c1-2-8-13(22)18-15(19-14(8)23)24-7-11(20)17-10-6-4-3-5-9(10)12(16)21/h3-6H,2,7H2,1H3,(H2,16,21)(H,17,20)(H2,18,19,22,23). The topological polar surface area (TPSA) is 138 Å². The summed E-state index contributed by atoms with van der Waals surface area (Å²) in [7, 11) is 0. The van der Waals surface area contributed by atoms with Crippen molar-refractivity contribution in [2.75, 3.05) is 11.1 Å². The number of carbonyl (C=O) groups excluding carboxylic acids is 2. The number of aromatic amines is 1. The predicted octanol–water partition coefficient (Wildman–Crippen LogP) is 0.868. The molecule has 0 radical (unpaired) electrons. The highest BCUT2D eigenvalue weighted by Gasteiger charge is 2.13. The highest BCUT2D eigenvalue weighted by atomic mass is 32.2. The van der Waals surface area contributed by atoms with E-state index < -0.39 is 17.4 Å². The van der Waals surface area contributed by atoms with E-state index in [0.29, 0.717) is 12.1 Å². The van der Waals surface area contributed by atoms with E-state index in [1.165, 1.54) is 6.07 Å².